The van der Waals surface area contributed by atoms with Crippen LogP contribution in [0.3, 0.4) is 0 Å². The van der Waals surface area contributed by atoms with Gasteiger partial charge in [0.25, 0.3) is 0 Å². The third-order valence-electron chi connectivity index (χ3n) is 2.69. The van der Waals surface area contributed by atoms with E-state index in [0.29, 0.717) is 0 Å². The van der Waals surface area contributed by atoms with Crippen LogP contribution in [0.5, 0.6) is 0 Å². The van der Waals surface area contributed by atoms with Crippen molar-refractivity contribution < 1.29 is 4.74 Å². The number of nitrogens with zero attached hydrogens (tertiary/aromatic N) is 3. The van der Waals surface area contributed by atoms with E-state index in [-0.39, 0.29) is 0 Å². The van der Waals surface area contributed by atoms with Crippen molar-refractivity contribution in [3.8, 4) is 0 Å². The van der Waals surface area contributed by atoms with Gasteiger partial charge in [0.1, 0.15) is 11.6 Å². The lowest BCUT2D eigenvalue weighted by atomic mass is 10.1. The van der Waals surface area contributed by atoms with E-state index in [1.165, 1.54) is 11.3 Å². The molecule has 124 valence electrons. The van der Waals surface area contributed by atoms with Gasteiger partial charge in [0.05, 0.1) is 0 Å². The maximum absolute atomic E-state index is 4.63. The summed E-state index contributed by atoms with van der Waals surface area (Å²) in [6.07, 6.45) is 4.11. The summed E-state index contributed by atoms with van der Waals surface area (Å²) in [6.45, 7) is 10.5. The quantitative estimate of drug-likeness (QED) is 0.826. The van der Waals surface area contributed by atoms with Crippen LogP contribution in [-0.4, -0.2) is 38.3 Å². The van der Waals surface area contributed by atoms with Gasteiger partial charge in [-0.05, 0) is 12.8 Å². The molecule has 1 aromatic heterocycles. The van der Waals surface area contributed by atoms with Crippen LogP contribution in [0.4, 0.5) is 5.82 Å². The fraction of sp³-hybridized carbons (Fsp3) is 0.765. The second-order valence-electron chi connectivity index (χ2n) is 4.65. The predicted octanol–water partition coefficient (Wildman–Crippen LogP) is 3.91. The van der Waals surface area contributed by atoms with E-state index in [4.69, 9.17) is 0 Å². The Balaban J connectivity index is 0. The summed E-state index contributed by atoms with van der Waals surface area (Å²) in [5.74, 6) is 2.06. The fourth-order valence-corrected chi connectivity index (χ4v) is 1.89. The van der Waals surface area contributed by atoms with Crippen LogP contribution in [0, 0.1) is 0 Å². The molecule has 0 aromatic carbocycles. The third kappa shape index (κ3) is 8.00. The topological polar surface area (TPSA) is 38.2 Å². The minimum atomic E-state index is 0.903. The van der Waals surface area contributed by atoms with Gasteiger partial charge in [-0.15, -0.1) is 0 Å². The minimum absolute atomic E-state index is 0.903. The van der Waals surface area contributed by atoms with Crippen LogP contribution in [0.15, 0.2) is 0 Å². The lowest BCUT2D eigenvalue weighted by Crippen LogP contribution is -2.17. The molecule has 0 fully saturated rings. The van der Waals surface area contributed by atoms with Gasteiger partial charge in [-0.3, -0.25) is 0 Å². The molecule has 0 aliphatic rings. The monoisotopic (exact) mass is 297 g/mol. The van der Waals surface area contributed by atoms with Crippen LogP contribution in [-0.2, 0) is 24.0 Å². The lowest BCUT2D eigenvalue weighted by Gasteiger charge is -2.19. The van der Waals surface area contributed by atoms with Crippen molar-refractivity contribution in [3.63, 3.8) is 0 Å². The first-order valence-corrected chi connectivity index (χ1v) is 8.01. The molecule has 0 aliphatic heterocycles. The first kappa shape index (κ1) is 22.1. The Hall–Kier alpha value is -1.16. The second kappa shape index (κ2) is 13.8. The number of ether oxygens (including phenoxy) is 1. The number of hydrogen-bond donors (Lipinski definition) is 0. The maximum atomic E-state index is 4.63. The molecule has 0 bridgehead atoms. The van der Waals surface area contributed by atoms with Crippen LogP contribution in [0.1, 0.15) is 58.1 Å². The van der Waals surface area contributed by atoms with E-state index < -0.39 is 0 Å². The first-order chi connectivity index (χ1) is 10.0. The molecular weight excluding hydrogens is 262 g/mol. The molecule has 1 heterocycles. The molecule has 0 spiro atoms. The van der Waals surface area contributed by atoms with E-state index in [9.17, 15) is 0 Å². The Kier molecular flexibility index (Phi) is 14.5. The van der Waals surface area contributed by atoms with Crippen LogP contribution in [0.25, 0.3) is 0 Å². The highest BCUT2D eigenvalue weighted by Crippen LogP contribution is 2.21. The van der Waals surface area contributed by atoms with Gasteiger partial charge in [0.2, 0.25) is 0 Å². The Morgan fingerprint density at radius 1 is 0.952 bits per heavy atom. The van der Waals surface area contributed by atoms with Crippen LogP contribution < -0.4 is 4.90 Å². The summed E-state index contributed by atoms with van der Waals surface area (Å²) in [5.41, 5.74) is 2.55. The van der Waals surface area contributed by atoms with Gasteiger partial charge in [0.15, 0.2) is 0 Å². The van der Waals surface area contributed by atoms with Crippen molar-refractivity contribution >= 4 is 5.82 Å². The first-order valence-electron chi connectivity index (χ1n) is 8.01. The van der Waals surface area contributed by atoms with Gasteiger partial charge < -0.3 is 9.64 Å². The number of anilines is 1. The molecule has 0 saturated heterocycles. The molecule has 4 heteroatoms. The molecule has 1 rings (SSSR count). The van der Waals surface area contributed by atoms with Crippen molar-refractivity contribution in [2.24, 2.45) is 0 Å². The van der Waals surface area contributed by atoms with E-state index >= 15 is 0 Å². The summed E-state index contributed by atoms with van der Waals surface area (Å²) in [4.78, 5) is 11.4. The smallest absolute Gasteiger partial charge is 0.135 e. The fourth-order valence-electron chi connectivity index (χ4n) is 1.89. The number of methoxy groups -OCH3 is 1. The predicted molar refractivity (Wildman–Crippen MR) is 93.4 cm³/mol. The Bertz CT molecular complexity index is 365. The molecule has 0 N–H and O–H groups in total. The zero-order chi connectivity index (χ0) is 16.8. The van der Waals surface area contributed by atoms with Crippen molar-refractivity contribution in [1.82, 2.24) is 9.97 Å². The lowest BCUT2D eigenvalue weighted by molar-refractivity contribution is 0.277. The third-order valence-corrected chi connectivity index (χ3v) is 2.69. The largest absolute Gasteiger partial charge is 0.388 e. The van der Waals surface area contributed by atoms with E-state index in [1.807, 2.05) is 13.8 Å². The van der Waals surface area contributed by atoms with Gasteiger partial charge >= 0.3 is 0 Å². The van der Waals surface area contributed by atoms with Gasteiger partial charge in [0, 0.05) is 46.0 Å². The molecular formula is C17H35N3O. The van der Waals surface area contributed by atoms with Crippen molar-refractivity contribution in [2.45, 2.75) is 60.3 Å². The Morgan fingerprint density at radius 3 is 1.81 bits per heavy atom. The summed E-state index contributed by atoms with van der Waals surface area (Å²) < 4.78 is 4.25. The summed E-state index contributed by atoms with van der Waals surface area (Å²) >= 11 is 0. The maximum Gasteiger partial charge on any atom is 0.135 e. The molecule has 0 radical (unpaired) electrons. The average molecular weight is 297 g/mol. The summed E-state index contributed by atoms with van der Waals surface area (Å²) in [6, 6.07) is 0. The number of aryl methyl sites for hydroxylation is 2. The van der Waals surface area contributed by atoms with Crippen LogP contribution >= 0.6 is 0 Å². The van der Waals surface area contributed by atoms with Crippen molar-refractivity contribution in [2.75, 3.05) is 33.2 Å². The van der Waals surface area contributed by atoms with Gasteiger partial charge in [-0.2, -0.15) is 0 Å². The van der Waals surface area contributed by atoms with Crippen LogP contribution in [0.2, 0.25) is 0 Å². The number of hydrogen-bond acceptors (Lipinski definition) is 4. The number of rotatable bonds is 5. The highest BCUT2D eigenvalue weighted by molar-refractivity contribution is 5.48. The molecule has 0 aliphatic carbocycles. The zero-order valence-electron chi connectivity index (χ0n) is 15.6. The molecule has 21 heavy (non-hydrogen) atoms. The summed E-state index contributed by atoms with van der Waals surface area (Å²) in [5, 5.41) is 0. The van der Waals surface area contributed by atoms with Crippen molar-refractivity contribution in [1.29, 1.82) is 0 Å². The molecule has 0 amide bonds. The van der Waals surface area contributed by atoms with Gasteiger partial charge in [-0.1, -0.05) is 41.0 Å². The standard InChI is InChI=1S/C13H23N3.C2H6O.C2H6/c1-6-9-10-11(7-2)14-12(8-3)15-13(10)16(4)5;1-3-2;1-2/h6-9H2,1-5H3;1-2H3;1-2H3. The molecule has 0 saturated carbocycles. The molecule has 0 unspecified atom stereocenters. The highest BCUT2D eigenvalue weighted by atomic mass is 16.4. The highest BCUT2D eigenvalue weighted by Gasteiger charge is 2.13. The van der Waals surface area contributed by atoms with E-state index in [0.717, 1.165) is 37.3 Å². The normalized spacial score (nSPS) is 9.19. The summed E-state index contributed by atoms with van der Waals surface area (Å²) in [7, 11) is 7.36. The average Bonchev–Trinajstić information content (AvgIpc) is 2.50. The Labute approximate surface area is 131 Å². The number of aromatic nitrogens is 2. The van der Waals surface area contributed by atoms with E-state index in [1.54, 1.807) is 14.2 Å². The molecule has 1 aromatic rings. The zero-order valence-corrected chi connectivity index (χ0v) is 15.6. The molecule has 0 atom stereocenters. The molecule has 4 nitrogen and oxygen atoms in total. The second-order valence-corrected chi connectivity index (χ2v) is 4.65. The SMILES string of the molecule is CC.CCCc1c(CC)nc(CC)nc1N(C)C.COC. The van der Waals surface area contributed by atoms with Crippen molar-refractivity contribution in [3.05, 3.63) is 17.1 Å². The van der Waals surface area contributed by atoms with E-state index in [2.05, 4.69) is 54.5 Å². The van der Waals surface area contributed by atoms with Gasteiger partial charge in [-0.25, -0.2) is 9.97 Å². The Morgan fingerprint density at radius 2 is 1.48 bits per heavy atom. The minimum Gasteiger partial charge on any atom is -0.388 e.